The van der Waals surface area contributed by atoms with Crippen molar-refractivity contribution in [1.29, 1.82) is 0 Å². The van der Waals surface area contributed by atoms with Gasteiger partial charge in [-0.25, -0.2) is 14.3 Å². The Kier molecular flexibility index (Phi) is 5.21. The Labute approximate surface area is 173 Å². The van der Waals surface area contributed by atoms with Crippen molar-refractivity contribution in [2.45, 2.75) is 20.4 Å². The lowest BCUT2D eigenvalue weighted by Gasteiger charge is -2.11. The summed E-state index contributed by atoms with van der Waals surface area (Å²) in [7, 11) is 0. The van der Waals surface area contributed by atoms with Crippen LogP contribution in [0.1, 0.15) is 27.3 Å². The number of rotatable bonds is 6. The fourth-order valence-electron chi connectivity index (χ4n) is 3.35. The summed E-state index contributed by atoms with van der Waals surface area (Å²) in [5, 5.41) is 11.3. The van der Waals surface area contributed by atoms with E-state index in [1.807, 2.05) is 42.5 Å². The number of hydrogen-bond acceptors (Lipinski definition) is 5. The van der Waals surface area contributed by atoms with E-state index in [1.165, 1.54) is 6.33 Å². The molecule has 4 rings (SSSR count). The number of aromatic nitrogens is 5. The van der Waals surface area contributed by atoms with Gasteiger partial charge in [-0.1, -0.05) is 36.4 Å². The molecular weight excluding hydrogens is 380 g/mol. The smallest absolute Gasteiger partial charge is 0.296 e. The predicted octanol–water partition coefficient (Wildman–Crippen LogP) is 2.95. The number of ketones is 1. The summed E-state index contributed by atoms with van der Waals surface area (Å²) in [5.41, 5.74) is 3.64. The second-order valence-electron chi connectivity index (χ2n) is 6.83. The quantitative estimate of drug-likeness (QED) is 0.397. The van der Waals surface area contributed by atoms with E-state index in [9.17, 15) is 9.59 Å². The minimum atomic E-state index is -0.708. The Morgan fingerprint density at radius 3 is 2.47 bits per heavy atom. The van der Waals surface area contributed by atoms with Gasteiger partial charge < -0.3 is 5.32 Å². The molecule has 0 saturated carbocycles. The molecule has 0 unspecified atom stereocenters. The second-order valence-corrected chi connectivity index (χ2v) is 6.83. The molecule has 30 heavy (non-hydrogen) atoms. The monoisotopic (exact) mass is 400 g/mol. The lowest BCUT2D eigenvalue weighted by Crippen LogP contribution is -2.24. The van der Waals surface area contributed by atoms with Crippen LogP contribution >= 0.6 is 0 Å². The van der Waals surface area contributed by atoms with Gasteiger partial charge in [0.25, 0.3) is 11.7 Å². The molecular formula is C22H20N6O2. The first-order valence-electron chi connectivity index (χ1n) is 9.42. The highest BCUT2D eigenvalue weighted by atomic mass is 16.2. The van der Waals surface area contributed by atoms with Gasteiger partial charge in [0.05, 0.1) is 29.2 Å². The van der Waals surface area contributed by atoms with E-state index in [0.29, 0.717) is 29.2 Å². The van der Waals surface area contributed by atoms with Crippen molar-refractivity contribution in [3.05, 3.63) is 89.8 Å². The van der Waals surface area contributed by atoms with E-state index < -0.39 is 11.7 Å². The van der Waals surface area contributed by atoms with Crippen LogP contribution in [-0.4, -0.2) is 36.2 Å². The molecule has 0 radical (unpaired) electrons. The third kappa shape index (κ3) is 3.75. The Morgan fingerprint density at radius 1 is 1.00 bits per heavy atom. The average molecular weight is 400 g/mol. The molecule has 1 N–H and O–H groups in total. The van der Waals surface area contributed by atoms with Gasteiger partial charge in [0.1, 0.15) is 12.7 Å². The molecule has 8 heteroatoms. The Hall–Kier alpha value is -4.07. The highest BCUT2D eigenvalue weighted by molar-refractivity contribution is 6.47. The molecule has 0 spiro atoms. The number of benzene rings is 2. The van der Waals surface area contributed by atoms with Gasteiger partial charge >= 0.3 is 0 Å². The van der Waals surface area contributed by atoms with Crippen LogP contribution in [0.15, 0.2) is 67.3 Å². The van der Waals surface area contributed by atoms with Crippen LogP contribution < -0.4 is 5.32 Å². The molecule has 0 saturated heterocycles. The highest BCUT2D eigenvalue weighted by Crippen LogP contribution is 2.20. The summed E-state index contributed by atoms with van der Waals surface area (Å²) in [6.07, 6.45) is 3.04. The van der Waals surface area contributed by atoms with Gasteiger partial charge in [-0.15, -0.1) is 0 Å². The maximum absolute atomic E-state index is 13.0. The van der Waals surface area contributed by atoms with Crippen LogP contribution in [0, 0.1) is 13.8 Å². The summed E-state index contributed by atoms with van der Waals surface area (Å²) in [6.45, 7) is 3.94. The summed E-state index contributed by atoms with van der Waals surface area (Å²) < 4.78 is 3.32. The van der Waals surface area contributed by atoms with Crippen LogP contribution in [0.2, 0.25) is 0 Å². The third-order valence-electron chi connectivity index (χ3n) is 4.79. The van der Waals surface area contributed by atoms with Gasteiger partial charge in [0, 0.05) is 5.69 Å². The first-order valence-corrected chi connectivity index (χ1v) is 9.42. The Morgan fingerprint density at radius 2 is 1.73 bits per heavy atom. The van der Waals surface area contributed by atoms with E-state index in [0.717, 1.165) is 11.3 Å². The fourth-order valence-corrected chi connectivity index (χ4v) is 3.35. The number of hydrogen-bond donors (Lipinski definition) is 1. The SMILES string of the molecule is Cc1nn(-c2ccccc2)c(C)c1C(=O)C(=O)Nc1ccccc1Cn1cncn1. The van der Waals surface area contributed by atoms with E-state index in [1.54, 1.807) is 41.7 Å². The number of para-hydroxylation sites is 2. The zero-order chi connectivity index (χ0) is 21.1. The van der Waals surface area contributed by atoms with Crippen molar-refractivity contribution < 1.29 is 9.59 Å². The Bertz CT molecular complexity index is 1200. The number of carbonyl (C=O) groups excluding carboxylic acids is 2. The van der Waals surface area contributed by atoms with Crippen LogP contribution in [0.5, 0.6) is 0 Å². The molecule has 4 aromatic rings. The molecule has 1 amide bonds. The molecule has 2 heterocycles. The molecule has 0 aliphatic carbocycles. The van der Waals surface area contributed by atoms with Crippen molar-refractivity contribution in [3.63, 3.8) is 0 Å². The fraction of sp³-hybridized carbons (Fsp3) is 0.136. The summed E-state index contributed by atoms with van der Waals surface area (Å²) >= 11 is 0. The predicted molar refractivity (Wildman–Crippen MR) is 112 cm³/mol. The minimum absolute atomic E-state index is 0.310. The van der Waals surface area contributed by atoms with Crippen LogP contribution in [0.3, 0.4) is 0 Å². The lowest BCUT2D eigenvalue weighted by molar-refractivity contribution is -0.112. The van der Waals surface area contributed by atoms with E-state index in [2.05, 4.69) is 20.5 Å². The van der Waals surface area contributed by atoms with Gasteiger partial charge in [-0.2, -0.15) is 10.2 Å². The van der Waals surface area contributed by atoms with Gasteiger partial charge in [0.2, 0.25) is 0 Å². The molecule has 150 valence electrons. The number of aryl methyl sites for hydroxylation is 1. The normalized spacial score (nSPS) is 10.7. The number of amides is 1. The van der Waals surface area contributed by atoms with E-state index >= 15 is 0 Å². The Balaban J connectivity index is 1.59. The molecule has 0 aliphatic heterocycles. The number of nitrogens with one attached hydrogen (secondary N) is 1. The van der Waals surface area contributed by atoms with Crippen molar-refractivity contribution in [1.82, 2.24) is 24.5 Å². The zero-order valence-electron chi connectivity index (χ0n) is 16.6. The van der Waals surface area contributed by atoms with Gasteiger partial charge in [-0.05, 0) is 37.6 Å². The number of anilines is 1. The standard InChI is InChI=1S/C22H20N6O2/c1-15-20(16(2)28(26-15)18-9-4-3-5-10-18)21(29)22(30)25-19-11-7-6-8-17(19)12-27-14-23-13-24-27/h3-11,13-14H,12H2,1-2H3,(H,25,30). The molecule has 2 aromatic carbocycles. The van der Waals surface area contributed by atoms with Crippen molar-refractivity contribution in [3.8, 4) is 5.69 Å². The first kappa shape index (κ1) is 19.3. The topological polar surface area (TPSA) is 94.7 Å². The molecule has 8 nitrogen and oxygen atoms in total. The maximum atomic E-state index is 13.0. The van der Waals surface area contributed by atoms with Crippen LogP contribution in [0.25, 0.3) is 5.69 Å². The summed E-state index contributed by atoms with van der Waals surface area (Å²) in [6, 6.07) is 16.8. The van der Waals surface area contributed by atoms with E-state index in [-0.39, 0.29) is 0 Å². The van der Waals surface area contributed by atoms with Crippen molar-refractivity contribution in [2.75, 3.05) is 5.32 Å². The maximum Gasteiger partial charge on any atom is 0.296 e. The number of Topliss-reactive ketones (excluding diaryl/α,β-unsaturated/α-hetero) is 1. The van der Waals surface area contributed by atoms with Gasteiger partial charge in [0.15, 0.2) is 0 Å². The number of carbonyl (C=O) groups is 2. The van der Waals surface area contributed by atoms with E-state index in [4.69, 9.17) is 0 Å². The summed E-state index contributed by atoms with van der Waals surface area (Å²) in [4.78, 5) is 29.7. The molecule has 0 aliphatic rings. The second kappa shape index (κ2) is 8.12. The number of nitrogens with zero attached hydrogens (tertiary/aromatic N) is 5. The highest BCUT2D eigenvalue weighted by Gasteiger charge is 2.25. The summed E-state index contributed by atoms with van der Waals surface area (Å²) in [5.74, 6) is -1.33. The molecule has 0 bridgehead atoms. The van der Waals surface area contributed by atoms with Crippen molar-refractivity contribution in [2.24, 2.45) is 0 Å². The molecule has 0 fully saturated rings. The largest absolute Gasteiger partial charge is 0.319 e. The minimum Gasteiger partial charge on any atom is -0.319 e. The molecule has 2 aromatic heterocycles. The zero-order valence-corrected chi connectivity index (χ0v) is 16.6. The average Bonchev–Trinajstić information content (AvgIpc) is 3.37. The van der Waals surface area contributed by atoms with Crippen LogP contribution in [0.4, 0.5) is 5.69 Å². The molecule has 0 atom stereocenters. The lowest BCUT2D eigenvalue weighted by atomic mass is 10.1. The van der Waals surface area contributed by atoms with Gasteiger partial charge in [-0.3, -0.25) is 9.59 Å². The van der Waals surface area contributed by atoms with Crippen LogP contribution in [-0.2, 0) is 11.3 Å². The first-order chi connectivity index (χ1) is 14.5. The third-order valence-corrected chi connectivity index (χ3v) is 4.79. The van der Waals surface area contributed by atoms with Crippen molar-refractivity contribution >= 4 is 17.4 Å².